The van der Waals surface area contributed by atoms with Crippen LogP contribution in [-0.4, -0.2) is 45.0 Å². The van der Waals surface area contributed by atoms with Crippen LogP contribution in [0.4, 0.5) is 10.6 Å². The zero-order valence-electron chi connectivity index (χ0n) is 15.7. The first-order valence-electron chi connectivity index (χ1n) is 9.22. The molecule has 1 saturated heterocycles. The summed E-state index contributed by atoms with van der Waals surface area (Å²) >= 11 is 0. The quantitative estimate of drug-likeness (QED) is 0.734. The van der Waals surface area contributed by atoms with Gasteiger partial charge in [-0.1, -0.05) is 12.1 Å². The average molecular weight is 378 g/mol. The van der Waals surface area contributed by atoms with E-state index in [-0.39, 0.29) is 6.10 Å². The molecule has 1 N–H and O–H groups in total. The van der Waals surface area contributed by atoms with Crippen molar-refractivity contribution >= 4 is 11.9 Å². The van der Waals surface area contributed by atoms with Gasteiger partial charge in [0.2, 0.25) is 0 Å². The Balaban J connectivity index is 1.25. The van der Waals surface area contributed by atoms with Crippen LogP contribution in [0.5, 0.6) is 0 Å². The van der Waals surface area contributed by atoms with Crippen LogP contribution in [0.1, 0.15) is 12.0 Å². The number of carbonyl (C=O) groups excluding carboxylic acids is 1. The molecule has 8 nitrogen and oxygen atoms in total. The van der Waals surface area contributed by atoms with E-state index in [1.54, 1.807) is 23.3 Å². The van der Waals surface area contributed by atoms with Crippen molar-refractivity contribution in [2.75, 3.05) is 18.0 Å². The second-order valence-corrected chi connectivity index (χ2v) is 6.76. The van der Waals surface area contributed by atoms with E-state index < -0.39 is 6.09 Å². The first-order valence-corrected chi connectivity index (χ1v) is 9.22. The van der Waals surface area contributed by atoms with Crippen LogP contribution in [0.3, 0.4) is 0 Å². The van der Waals surface area contributed by atoms with E-state index in [1.807, 2.05) is 43.6 Å². The summed E-state index contributed by atoms with van der Waals surface area (Å²) in [5.74, 6) is 0.911. The van der Waals surface area contributed by atoms with Crippen molar-refractivity contribution in [3.05, 3.63) is 60.7 Å². The molecule has 0 aromatic carbocycles. The third-order valence-corrected chi connectivity index (χ3v) is 4.65. The van der Waals surface area contributed by atoms with Gasteiger partial charge in [-0.3, -0.25) is 9.67 Å². The third-order valence-electron chi connectivity index (χ3n) is 4.65. The molecular weight excluding hydrogens is 356 g/mol. The van der Waals surface area contributed by atoms with Crippen LogP contribution in [0.2, 0.25) is 0 Å². The van der Waals surface area contributed by atoms with Gasteiger partial charge in [-0.05, 0) is 23.8 Å². The third kappa shape index (κ3) is 4.28. The average Bonchev–Trinajstić information content (AvgIpc) is 3.37. The molecule has 28 heavy (non-hydrogen) atoms. The number of nitrogens with one attached hydrogen (secondary N) is 1. The number of pyridine rings is 2. The van der Waals surface area contributed by atoms with Gasteiger partial charge in [0.05, 0.1) is 18.4 Å². The second kappa shape index (κ2) is 8.08. The topological polar surface area (TPSA) is 85.2 Å². The molecule has 0 bridgehead atoms. The lowest BCUT2D eigenvalue weighted by molar-refractivity contribution is 0.108. The van der Waals surface area contributed by atoms with Gasteiger partial charge in [-0.15, -0.1) is 0 Å². The molecule has 1 aliphatic heterocycles. The number of aryl methyl sites for hydroxylation is 1. The number of rotatable bonds is 5. The monoisotopic (exact) mass is 378 g/mol. The van der Waals surface area contributed by atoms with Crippen molar-refractivity contribution in [2.24, 2.45) is 7.05 Å². The van der Waals surface area contributed by atoms with Crippen molar-refractivity contribution < 1.29 is 9.53 Å². The van der Waals surface area contributed by atoms with E-state index in [1.165, 1.54) is 0 Å². The van der Waals surface area contributed by atoms with Crippen LogP contribution in [0.25, 0.3) is 11.3 Å². The fraction of sp³-hybridized carbons (Fsp3) is 0.300. The smallest absolute Gasteiger partial charge is 0.407 e. The number of amides is 1. The van der Waals surface area contributed by atoms with Gasteiger partial charge in [0.25, 0.3) is 0 Å². The van der Waals surface area contributed by atoms with Crippen molar-refractivity contribution in [1.29, 1.82) is 0 Å². The fourth-order valence-corrected chi connectivity index (χ4v) is 3.19. The Morgan fingerprint density at radius 1 is 1.25 bits per heavy atom. The molecule has 1 amide bonds. The molecule has 1 unspecified atom stereocenters. The van der Waals surface area contributed by atoms with E-state index in [9.17, 15) is 4.79 Å². The van der Waals surface area contributed by atoms with Gasteiger partial charge in [0.1, 0.15) is 11.9 Å². The van der Waals surface area contributed by atoms with Crippen LogP contribution in [-0.2, 0) is 18.3 Å². The molecule has 4 heterocycles. The van der Waals surface area contributed by atoms with Gasteiger partial charge in [0, 0.05) is 50.7 Å². The van der Waals surface area contributed by atoms with Crippen LogP contribution in [0, 0.1) is 0 Å². The van der Waals surface area contributed by atoms with Gasteiger partial charge in [-0.25, -0.2) is 9.78 Å². The van der Waals surface area contributed by atoms with E-state index >= 15 is 0 Å². The summed E-state index contributed by atoms with van der Waals surface area (Å²) in [6.45, 7) is 1.86. The van der Waals surface area contributed by atoms with E-state index in [4.69, 9.17) is 4.74 Å². The summed E-state index contributed by atoms with van der Waals surface area (Å²) in [4.78, 5) is 23.0. The highest BCUT2D eigenvalue weighted by molar-refractivity contribution is 5.67. The Hall–Kier alpha value is -3.42. The molecule has 0 radical (unpaired) electrons. The summed E-state index contributed by atoms with van der Waals surface area (Å²) < 4.78 is 7.27. The SMILES string of the molecule is Cn1cc(-c2ccc(CNC(=O)OC3CCN(c4ccccn4)C3)cn2)cn1. The molecule has 0 spiro atoms. The van der Waals surface area contributed by atoms with Crippen molar-refractivity contribution in [2.45, 2.75) is 19.1 Å². The van der Waals surface area contributed by atoms with Crippen LogP contribution in [0.15, 0.2) is 55.1 Å². The first-order chi connectivity index (χ1) is 13.7. The van der Waals surface area contributed by atoms with Crippen molar-refractivity contribution in [3.63, 3.8) is 0 Å². The zero-order chi connectivity index (χ0) is 19.3. The predicted molar refractivity (Wildman–Crippen MR) is 105 cm³/mol. The minimum absolute atomic E-state index is 0.131. The minimum atomic E-state index is -0.413. The van der Waals surface area contributed by atoms with E-state index in [2.05, 4.69) is 25.3 Å². The molecule has 8 heteroatoms. The molecule has 3 aromatic rings. The second-order valence-electron chi connectivity index (χ2n) is 6.76. The number of carbonyl (C=O) groups is 1. The lowest BCUT2D eigenvalue weighted by atomic mass is 10.2. The number of alkyl carbamates (subject to hydrolysis) is 1. The highest BCUT2D eigenvalue weighted by atomic mass is 16.6. The summed E-state index contributed by atoms with van der Waals surface area (Å²) in [5.41, 5.74) is 2.71. The van der Waals surface area contributed by atoms with E-state index in [0.717, 1.165) is 35.6 Å². The Morgan fingerprint density at radius 3 is 2.89 bits per heavy atom. The van der Waals surface area contributed by atoms with Crippen LogP contribution < -0.4 is 10.2 Å². The summed E-state index contributed by atoms with van der Waals surface area (Å²) in [6, 6.07) is 9.66. The molecular formula is C20H22N6O2. The lowest BCUT2D eigenvalue weighted by Gasteiger charge is -2.17. The maximum Gasteiger partial charge on any atom is 0.407 e. The largest absolute Gasteiger partial charge is 0.444 e. The summed E-state index contributed by atoms with van der Waals surface area (Å²) in [5, 5.41) is 6.94. The molecule has 1 atom stereocenters. The number of ether oxygens (including phenoxy) is 1. The number of hydrogen-bond donors (Lipinski definition) is 1. The maximum atomic E-state index is 12.1. The van der Waals surface area contributed by atoms with Crippen molar-refractivity contribution in [1.82, 2.24) is 25.1 Å². The number of nitrogens with zero attached hydrogens (tertiary/aromatic N) is 5. The van der Waals surface area contributed by atoms with Crippen molar-refractivity contribution in [3.8, 4) is 11.3 Å². The van der Waals surface area contributed by atoms with Gasteiger partial charge in [0.15, 0.2) is 0 Å². The normalized spacial score (nSPS) is 16.2. The zero-order valence-corrected chi connectivity index (χ0v) is 15.7. The fourth-order valence-electron chi connectivity index (χ4n) is 3.19. The van der Waals surface area contributed by atoms with E-state index in [0.29, 0.717) is 13.1 Å². The van der Waals surface area contributed by atoms with Gasteiger partial charge < -0.3 is 15.0 Å². The number of aromatic nitrogens is 4. The molecule has 3 aromatic heterocycles. The molecule has 0 aliphatic carbocycles. The molecule has 0 saturated carbocycles. The van der Waals surface area contributed by atoms with Gasteiger partial charge in [-0.2, -0.15) is 5.10 Å². The Kier molecular flexibility index (Phi) is 5.18. The summed E-state index contributed by atoms with van der Waals surface area (Å²) in [7, 11) is 1.87. The standard InChI is InChI=1S/C20H22N6O2/c1-25-13-16(12-24-25)18-6-5-15(10-22-18)11-23-20(27)28-17-7-9-26(14-17)19-4-2-3-8-21-19/h2-6,8,10,12-13,17H,7,9,11,14H2,1H3,(H,23,27). The van der Waals surface area contributed by atoms with Gasteiger partial charge >= 0.3 is 6.09 Å². The Labute approximate surface area is 163 Å². The first kappa shape index (κ1) is 18.0. The predicted octanol–water partition coefficient (Wildman–Crippen LogP) is 2.38. The maximum absolute atomic E-state index is 12.1. The number of anilines is 1. The molecule has 1 aliphatic rings. The Bertz CT molecular complexity index is 925. The highest BCUT2D eigenvalue weighted by Crippen LogP contribution is 2.19. The number of hydrogen-bond acceptors (Lipinski definition) is 6. The lowest BCUT2D eigenvalue weighted by Crippen LogP contribution is -2.30. The molecule has 144 valence electrons. The van der Waals surface area contributed by atoms with Crippen LogP contribution >= 0.6 is 0 Å². The molecule has 4 rings (SSSR count). The molecule has 1 fully saturated rings. The minimum Gasteiger partial charge on any atom is -0.444 e. The highest BCUT2D eigenvalue weighted by Gasteiger charge is 2.26. The summed E-state index contributed by atoms with van der Waals surface area (Å²) in [6.07, 6.45) is 7.45. The Morgan fingerprint density at radius 2 is 2.18 bits per heavy atom.